The van der Waals surface area contributed by atoms with Gasteiger partial charge in [0.25, 0.3) is 0 Å². The highest BCUT2D eigenvalue weighted by Crippen LogP contribution is 2.30. The Morgan fingerprint density at radius 2 is 1.95 bits per heavy atom. The van der Waals surface area contributed by atoms with E-state index in [0.29, 0.717) is 17.6 Å². The molecule has 2 rings (SSSR count). The van der Waals surface area contributed by atoms with Crippen molar-refractivity contribution in [2.75, 3.05) is 6.61 Å². The lowest BCUT2D eigenvalue weighted by atomic mass is 9.77. The maximum absolute atomic E-state index is 11.9. The number of carbonyl (C=O) groups is 1. The summed E-state index contributed by atoms with van der Waals surface area (Å²) in [5.41, 5.74) is 0. The van der Waals surface area contributed by atoms with Gasteiger partial charge >= 0.3 is 0 Å². The summed E-state index contributed by atoms with van der Waals surface area (Å²) < 4.78 is 5.80. The van der Waals surface area contributed by atoms with Gasteiger partial charge in [0.1, 0.15) is 5.78 Å². The molecule has 0 unspecified atom stereocenters. The number of carbonyl (C=O) groups excluding carboxylic acids is 1. The third-order valence-electron chi connectivity index (χ3n) is 5.09. The third-order valence-corrected chi connectivity index (χ3v) is 5.09. The van der Waals surface area contributed by atoms with Crippen molar-refractivity contribution in [3.8, 4) is 0 Å². The molecule has 116 valence electrons. The second kappa shape index (κ2) is 8.14. The van der Waals surface area contributed by atoms with Crippen LogP contribution in [0.1, 0.15) is 71.1 Å². The zero-order chi connectivity index (χ0) is 14.4. The molecule has 0 spiro atoms. The van der Waals surface area contributed by atoms with E-state index in [1.807, 2.05) is 0 Å². The highest BCUT2D eigenvalue weighted by atomic mass is 16.5. The number of aliphatic hydroxyl groups excluding tert-OH is 1. The van der Waals surface area contributed by atoms with E-state index >= 15 is 0 Å². The van der Waals surface area contributed by atoms with E-state index in [-0.39, 0.29) is 12.2 Å². The van der Waals surface area contributed by atoms with E-state index in [1.54, 1.807) is 0 Å². The van der Waals surface area contributed by atoms with Crippen molar-refractivity contribution in [3.05, 3.63) is 0 Å². The number of ether oxygens (including phenoxy) is 1. The van der Waals surface area contributed by atoms with Gasteiger partial charge in [0, 0.05) is 18.9 Å². The second-order valence-electron chi connectivity index (χ2n) is 6.70. The Balaban J connectivity index is 1.58. The summed E-state index contributed by atoms with van der Waals surface area (Å²) in [5.74, 6) is 1.34. The summed E-state index contributed by atoms with van der Waals surface area (Å²) in [5, 5.41) is 9.83. The molecule has 0 saturated heterocycles. The van der Waals surface area contributed by atoms with Gasteiger partial charge in [-0.1, -0.05) is 26.2 Å². The molecule has 0 bridgehead atoms. The van der Waals surface area contributed by atoms with Crippen LogP contribution in [0.2, 0.25) is 0 Å². The van der Waals surface area contributed by atoms with Crippen LogP contribution in [0, 0.1) is 11.8 Å². The molecule has 1 N–H and O–H groups in total. The van der Waals surface area contributed by atoms with Gasteiger partial charge in [-0.15, -0.1) is 0 Å². The van der Waals surface area contributed by atoms with Crippen LogP contribution >= 0.6 is 0 Å². The average molecular weight is 282 g/mol. The number of unbranched alkanes of at least 4 members (excludes halogenated alkanes) is 1. The van der Waals surface area contributed by atoms with Gasteiger partial charge in [0.2, 0.25) is 0 Å². The molecule has 0 aromatic heterocycles. The van der Waals surface area contributed by atoms with Crippen LogP contribution in [-0.2, 0) is 9.53 Å². The summed E-state index contributed by atoms with van der Waals surface area (Å²) in [7, 11) is 0. The van der Waals surface area contributed by atoms with Crippen LogP contribution in [0.15, 0.2) is 0 Å². The van der Waals surface area contributed by atoms with Gasteiger partial charge < -0.3 is 9.84 Å². The van der Waals surface area contributed by atoms with Crippen molar-refractivity contribution in [1.29, 1.82) is 0 Å². The van der Waals surface area contributed by atoms with E-state index in [0.717, 1.165) is 58.0 Å². The normalized spacial score (nSPS) is 35.2. The molecule has 0 aromatic carbocycles. The maximum atomic E-state index is 11.9. The number of hydrogen-bond donors (Lipinski definition) is 1. The highest BCUT2D eigenvalue weighted by Gasteiger charge is 2.28. The SMILES string of the molecule is C[C@@H]1CCCC(=O)[C@H]1CCCCO[C@@H]1CCCC[C@H]1O. The van der Waals surface area contributed by atoms with E-state index in [2.05, 4.69) is 6.92 Å². The molecular weight excluding hydrogens is 252 g/mol. The molecule has 0 heterocycles. The first-order valence-corrected chi connectivity index (χ1v) is 8.51. The minimum Gasteiger partial charge on any atom is -0.390 e. The number of hydrogen-bond acceptors (Lipinski definition) is 3. The molecule has 3 nitrogen and oxygen atoms in total. The Hall–Kier alpha value is -0.410. The number of Topliss-reactive ketones (excluding diaryl/α,β-unsaturated/α-hetero) is 1. The zero-order valence-electron chi connectivity index (χ0n) is 12.9. The number of aliphatic hydroxyl groups is 1. The molecule has 4 atom stereocenters. The van der Waals surface area contributed by atoms with Crippen molar-refractivity contribution in [2.24, 2.45) is 11.8 Å². The molecule has 0 amide bonds. The fourth-order valence-corrected chi connectivity index (χ4v) is 3.72. The van der Waals surface area contributed by atoms with Crippen molar-refractivity contribution in [1.82, 2.24) is 0 Å². The van der Waals surface area contributed by atoms with Gasteiger partial charge in [0.05, 0.1) is 12.2 Å². The van der Waals surface area contributed by atoms with Crippen LogP contribution in [0.4, 0.5) is 0 Å². The second-order valence-corrected chi connectivity index (χ2v) is 6.70. The Morgan fingerprint density at radius 1 is 1.15 bits per heavy atom. The standard InChI is InChI=1S/C17H30O3/c1-13-7-6-10-15(18)14(13)8-4-5-12-20-17-11-3-2-9-16(17)19/h13-14,16-17,19H,2-12H2,1H3/t13-,14+,16-,17-/m1/s1. The summed E-state index contributed by atoms with van der Waals surface area (Å²) >= 11 is 0. The van der Waals surface area contributed by atoms with Gasteiger partial charge in [-0.05, 0) is 44.4 Å². The first-order chi connectivity index (χ1) is 9.68. The third kappa shape index (κ3) is 4.56. The molecule has 0 aliphatic heterocycles. The molecule has 0 radical (unpaired) electrons. The summed E-state index contributed by atoms with van der Waals surface area (Å²) in [4.78, 5) is 11.9. The van der Waals surface area contributed by atoms with Crippen molar-refractivity contribution >= 4 is 5.78 Å². The minimum atomic E-state index is -0.260. The minimum absolute atomic E-state index is 0.0546. The zero-order valence-corrected chi connectivity index (χ0v) is 12.9. The first-order valence-electron chi connectivity index (χ1n) is 8.51. The van der Waals surface area contributed by atoms with E-state index in [4.69, 9.17) is 4.74 Å². The molecule has 2 fully saturated rings. The molecule has 2 aliphatic carbocycles. The van der Waals surface area contributed by atoms with Gasteiger partial charge in [0.15, 0.2) is 0 Å². The Morgan fingerprint density at radius 3 is 2.70 bits per heavy atom. The van der Waals surface area contributed by atoms with E-state index < -0.39 is 0 Å². The largest absolute Gasteiger partial charge is 0.390 e. The molecule has 0 aromatic rings. The van der Waals surface area contributed by atoms with Crippen LogP contribution in [0.3, 0.4) is 0 Å². The Bertz CT molecular complexity index is 303. The summed E-state index contributed by atoms with van der Waals surface area (Å²) in [6.07, 6.45) is 10.2. The van der Waals surface area contributed by atoms with E-state index in [9.17, 15) is 9.90 Å². The quantitative estimate of drug-likeness (QED) is 0.759. The fraction of sp³-hybridized carbons (Fsp3) is 0.941. The van der Waals surface area contributed by atoms with Crippen LogP contribution < -0.4 is 0 Å². The summed E-state index contributed by atoms with van der Waals surface area (Å²) in [6.45, 7) is 2.95. The number of ketones is 1. The molecule has 2 saturated carbocycles. The van der Waals surface area contributed by atoms with Crippen LogP contribution in [0.25, 0.3) is 0 Å². The lowest BCUT2D eigenvalue weighted by molar-refractivity contribution is -0.126. The van der Waals surface area contributed by atoms with Gasteiger partial charge in [-0.25, -0.2) is 0 Å². The van der Waals surface area contributed by atoms with Gasteiger partial charge in [-0.3, -0.25) is 4.79 Å². The first kappa shape index (κ1) is 16.0. The summed E-state index contributed by atoms with van der Waals surface area (Å²) in [6, 6.07) is 0. The monoisotopic (exact) mass is 282 g/mol. The topological polar surface area (TPSA) is 46.5 Å². The highest BCUT2D eigenvalue weighted by molar-refractivity contribution is 5.81. The smallest absolute Gasteiger partial charge is 0.136 e. The lowest BCUT2D eigenvalue weighted by Gasteiger charge is -2.28. The van der Waals surface area contributed by atoms with Crippen LogP contribution in [0.5, 0.6) is 0 Å². The predicted octanol–water partition coefficient (Wildman–Crippen LogP) is 3.48. The Kier molecular flexibility index (Phi) is 6.50. The molecule has 20 heavy (non-hydrogen) atoms. The molecular formula is C17H30O3. The molecule has 2 aliphatic rings. The van der Waals surface area contributed by atoms with Gasteiger partial charge in [-0.2, -0.15) is 0 Å². The fourth-order valence-electron chi connectivity index (χ4n) is 3.72. The Labute approximate surface area is 123 Å². The van der Waals surface area contributed by atoms with E-state index in [1.165, 1.54) is 12.8 Å². The average Bonchev–Trinajstić information content (AvgIpc) is 2.43. The molecule has 3 heteroatoms. The maximum Gasteiger partial charge on any atom is 0.136 e. The number of rotatable bonds is 6. The van der Waals surface area contributed by atoms with Crippen molar-refractivity contribution in [2.45, 2.75) is 83.3 Å². The predicted molar refractivity (Wildman–Crippen MR) is 79.6 cm³/mol. The van der Waals surface area contributed by atoms with Crippen LogP contribution in [-0.4, -0.2) is 29.7 Å². The van der Waals surface area contributed by atoms with Crippen molar-refractivity contribution in [3.63, 3.8) is 0 Å². The van der Waals surface area contributed by atoms with Crippen molar-refractivity contribution < 1.29 is 14.6 Å². The lowest BCUT2D eigenvalue weighted by Crippen LogP contribution is -2.32.